The summed E-state index contributed by atoms with van der Waals surface area (Å²) in [7, 11) is -2.39. The van der Waals surface area contributed by atoms with Crippen molar-refractivity contribution in [2.45, 2.75) is 24.4 Å². The van der Waals surface area contributed by atoms with Gasteiger partial charge >= 0.3 is 0 Å². The standard InChI is InChI=1S/C22H27N3O5S/c1-3-11-25-22(21(27)20-18(30-2)5-4-6-19(20)31(25,28)29)24-14-12-23(13-15-24)16-7-9-17(26)10-8-16/h4-10,22,26H,3,11-15H2,1-2H3. The van der Waals surface area contributed by atoms with Crippen LogP contribution in [0.3, 0.4) is 0 Å². The molecule has 1 unspecified atom stereocenters. The number of sulfonamides is 1. The summed E-state index contributed by atoms with van der Waals surface area (Å²) >= 11 is 0. The molecule has 0 bridgehead atoms. The smallest absolute Gasteiger partial charge is 0.245 e. The minimum atomic E-state index is -3.83. The Labute approximate surface area is 182 Å². The Kier molecular flexibility index (Phi) is 5.92. The van der Waals surface area contributed by atoms with Crippen LogP contribution in [0.1, 0.15) is 23.7 Å². The number of Topliss-reactive ketones (excluding diaryl/α,β-unsaturated/α-hetero) is 1. The molecule has 0 amide bonds. The number of carbonyl (C=O) groups excluding carboxylic acids is 1. The number of ether oxygens (including phenoxy) is 1. The largest absolute Gasteiger partial charge is 0.508 e. The van der Waals surface area contributed by atoms with E-state index in [-0.39, 0.29) is 34.3 Å². The van der Waals surface area contributed by atoms with Crippen LogP contribution in [0.25, 0.3) is 0 Å². The van der Waals surface area contributed by atoms with Crippen molar-refractivity contribution < 1.29 is 23.1 Å². The quantitative estimate of drug-likeness (QED) is 0.754. The van der Waals surface area contributed by atoms with Gasteiger partial charge in [-0.15, -0.1) is 0 Å². The van der Waals surface area contributed by atoms with Crippen LogP contribution >= 0.6 is 0 Å². The van der Waals surface area contributed by atoms with Gasteiger partial charge in [-0.2, -0.15) is 4.31 Å². The fourth-order valence-corrected chi connectivity index (χ4v) is 6.23. The number of hydrogen-bond donors (Lipinski definition) is 1. The highest BCUT2D eigenvalue weighted by molar-refractivity contribution is 7.89. The minimum absolute atomic E-state index is 0.0179. The lowest BCUT2D eigenvalue weighted by Crippen LogP contribution is -2.62. The Morgan fingerprint density at radius 1 is 1.06 bits per heavy atom. The van der Waals surface area contributed by atoms with Crippen LogP contribution in [0.4, 0.5) is 5.69 Å². The molecular formula is C22H27N3O5S. The number of aromatic hydroxyl groups is 1. The number of fused-ring (bicyclic) bond motifs is 1. The number of benzene rings is 2. The summed E-state index contributed by atoms with van der Waals surface area (Å²) in [6, 6.07) is 11.7. The number of anilines is 1. The van der Waals surface area contributed by atoms with Gasteiger partial charge < -0.3 is 14.7 Å². The first-order valence-corrected chi connectivity index (χ1v) is 11.8. The molecule has 4 rings (SSSR count). The van der Waals surface area contributed by atoms with Gasteiger partial charge in [0.15, 0.2) is 0 Å². The molecule has 2 aliphatic heterocycles. The average molecular weight is 446 g/mol. The molecule has 1 saturated heterocycles. The van der Waals surface area contributed by atoms with Crippen molar-refractivity contribution in [2.24, 2.45) is 0 Å². The van der Waals surface area contributed by atoms with Crippen molar-refractivity contribution in [2.75, 3.05) is 44.7 Å². The summed E-state index contributed by atoms with van der Waals surface area (Å²) in [6.07, 6.45) is -0.272. The number of ketones is 1. The number of methoxy groups -OCH3 is 1. The van der Waals surface area contributed by atoms with Crippen LogP contribution in [-0.4, -0.2) is 74.5 Å². The molecule has 0 saturated carbocycles. The van der Waals surface area contributed by atoms with Crippen molar-refractivity contribution in [3.63, 3.8) is 0 Å². The Morgan fingerprint density at radius 2 is 1.74 bits per heavy atom. The van der Waals surface area contributed by atoms with Gasteiger partial charge in [0.25, 0.3) is 0 Å². The molecule has 2 aromatic rings. The number of hydrogen-bond acceptors (Lipinski definition) is 7. The van der Waals surface area contributed by atoms with Crippen molar-refractivity contribution in [1.82, 2.24) is 9.21 Å². The SMILES string of the molecule is CCCN1C(N2CCN(c3ccc(O)cc3)CC2)C(=O)c2c(OC)cccc2S1(=O)=O. The van der Waals surface area contributed by atoms with Crippen LogP contribution in [0.15, 0.2) is 47.4 Å². The van der Waals surface area contributed by atoms with Crippen molar-refractivity contribution in [3.8, 4) is 11.5 Å². The van der Waals surface area contributed by atoms with E-state index in [2.05, 4.69) is 4.90 Å². The molecule has 0 radical (unpaired) electrons. The summed E-state index contributed by atoms with van der Waals surface area (Å²) in [6.45, 7) is 4.55. The maximum atomic E-state index is 13.6. The third-order valence-corrected chi connectivity index (χ3v) is 7.76. The first kappa shape index (κ1) is 21.6. The number of rotatable bonds is 5. The van der Waals surface area contributed by atoms with E-state index in [9.17, 15) is 18.3 Å². The van der Waals surface area contributed by atoms with Crippen molar-refractivity contribution in [1.29, 1.82) is 0 Å². The fourth-order valence-electron chi connectivity index (χ4n) is 4.36. The summed E-state index contributed by atoms with van der Waals surface area (Å²) in [5, 5.41) is 9.51. The monoisotopic (exact) mass is 445 g/mol. The topological polar surface area (TPSA) is 90.4 Å². The lowest BCUT2D eigenvalue weighted by molar-refractivity contribution is 0.0551. The Morgan fingerprint density at radius 3 is 2.35 bits per heavy atom. The molecule has 0 aliphatic carbocycles. The number of carbonyl (C=O) groups is 1. The van der Waals surface area contributed by atoms with E-state index >= 15 is 0 Å². The molecule has 1 N–H and O–H groups in total. The molecule has 9 heteroatoms. The number of piperazine rings is 1. The molecule has 31 heavy (non-hydrogen) atoms. The van der Waals surface area contributed by atoms with Crippen LogP contribution in [-0.2, 0) is 10.0 Å². The van der Waals surface area contributed by atoms with Gasteiger partial charge in [0, 0.05) is 38.4 Å². The van der Waals surface area contributed by atoms with E-state index in [1.807, 2.05) is 24.0 Å². The first-order valence-electron chi connectivity index (χ1n) is 10.4. The second-order valence-electron chi connectivity index (χ2n) is 7.73. The van der Waals surface area contributed by atoms with Gasteiger partial charge in [0.05, 0.1) is 17.6 Å². The van der Waals surface area contributed by atoms with E-state index in [0.29, 0.717) is 32.6 Å². The number of nitrogens with zero attached hydrogens (tertiary/aromatic N) is 3. The Balaban J connectivity index is 1.65. The molecule has 1 atom stereocenters. The fraction of sp³-hybridized carbons (Fsp3) is 0.409. The molecule has 1 fully saturated rings. The van der Waals surface area contributed by atoms with Crippen LogP contribution in [0.2, 0.25) is 0 Å². The van der Waals surface area contributed by atoms with E-state index in [4.69, 9.17) is 4.74 Å². The maximum absolute atomic E-state index is 13.6. The van der Waals surface area contributed by atoms with E-state index in [1.165, 1.54) is 17.5 Å². The van der Waals surface area contributed by atoms with Gasteiger partial charge in [0.2, 0.25) is 15.8 Å². The molecule has 2 aromatic carbocycles. The molecular weight excluding hydrogens is 418 g/mol. The maximum Gasteiger partial charge on any atom is 0.245 e. The lowest BCUT2D eigenvalue weighted by atomic mass is 10.0. The van der Waals surface area contributed by atoms with Crippen molar-refractivity contribution in [3.05, 3.63) is 48.0 Å². The van der Waals surface area contributed by atoms with Crippen molar-refractivity contribution >= 4 is 21.5 Å². The van der Waals surface area contributed by atoms with Gasteiger partial charge in [-0.05, 0) is 42.8 Å². The van der Waals surface area contributed by atoms with E-state index in [1.54, 1.807) is 24.3 Å². The third kappa shape index (κ3) is 3.77. The third-order valence-electron chi connectivity index (χ3n) is 5.87. The zero-order valence-electron chi connectivity index (χ0n) is 17.7. The summed E-state index contributed by atoms with van der Waals surface area (Å²) in [4.78, 5) is 17.7. The lowest BCUT2D eigenvalue weighted by Gasteiger charge is -2.45. The second-order valence-corrected chi connectivity index (χ2v) is 9.59. The molecule has 2 aliphatic rings. The molecule has 0 aromatic heterocycles. The van der Waals surface area contributed by atoms with Gasteiger partial charge in [-0.25, -0.2) is 8.42 Å². The normalized spacial score (nSPS) is 21.7. The number of phenols is 1. The zero-order valence-corrected chi connectivity index (χ0v) is 18.5. The van der Waals surface area contributed by atoms with Gasteiger partial charge in [-0.1, -0.05) is 13.0 Å². The highest BCUT2D eigenvalue weighted by atomic mass is 32.2. The predicted octanol–water partition coefficient (Wildman–Crippen LogP) is 2.15. The molecule has 0 spiro atoms. The van der Waals surface area contributed by atoms with E-state index in [0.717, 1.165) is 5.69 Å². The number of phenolic OH excluding ortho intramolecular Hbond substituents is 1. The average Bonchev–Trinajstić information content (AvgIpc) is 2.78. The molecule has 2 heterocycles. The van der Waals surface area contributed by atoms with Crippen LogP contribution in [0.5, 0.6) is 11.5 Å². The van der Waals surface area contributed by atoms with E-state index < -0.39 is 16.2 Å². The summed E-state index contributed by atoms with van der Waals surface area (Å²) < 4.78 is 33.6. The van der Waals surface area contributed by atoms with Gasteiger partial charge in [-0.3, -0.25) is 9.69 Å². The van der Waals surface area contributed by atoms with Crippen LogP contribution in [0, 0.1) is 0 Å². The predicted molar refractivity (Wildman–Crippen MR) is 117 cm³/mol. The Hall–Kier alpha value is -2.62. The zero-order chi connectivity index (χ0) is 22.2. The Bertz CT molecular complexity index is 1060. The van der Waals surface area contributed by atoms with Crippen LogP contribution < -0.4 is 9.64 Å². The first-order chi connectivity index (χ1) is 14.9. The molecule has 8 nitrogen and oxygen atoms in total. The minimum Gasteiger partial charge on any atom is -0.508 e. The molecule has 166 valence electrons. The van der Waals surface area contributed by atoms with Gasteiger partial charge in [0.1, 0.15) is 17.7 Å². The highest BCUT2D eigenvalue weighted by Crippen LogP contribution is 2.37. The summed E-state index contributed by atoms with van der Waals surface area (Å²) in [5.41, 5.74) is 1.13. The second kappa shape index (κ2) is 8.49. The highest BCUT2D eigenvalue weighted by Gasteiger charge is 2.47. The summed E-state index contributed by atoms with van der Waals surface area (Å²) in [5.74, 6) is 0.256.